The highest BCUT2D eigenvalue weighted by Crippen LogP contribution is 2.20. The lowest BCUT2D eigenvalue weighted by molar-refractivity contribution is 0.521. The molecule has 4 heteroatoms. The highest BCUT2D eigenvalue weighted by molar-refractivity contribution is 5.36. The van der Waals surface area contributed by atoms with Crippen LogP contribution < -0.4 is 10.2 Å². The molecule has 0 aromatic carbocycles. The lowest BCUT2D eigenvalue weighted by atomic mass is 10.0. The lowest BCUT2D eigenvalue weighted by Gasteiger charge is -2.21. The van der Waals surface area contributed by atoms with Crippen LogP contribution in [-0.4, -0.2) is 29.6 Å². The zero-order valence-corrected chi connectivity index (χ0v) is 13.1. The average molecular weight is 276 g/mol. The summed E-state index contributed by atoms with van der Waals surface area (Å²) in [7, 11) is 0. The summed E-state index contributed by atoms with van der Waals surface area (Å²) in [5, 5.41) is 3.43. The number of hydrogen-bond donors (Lipinski definition) is 1. The molecular weight excluding hydrogens is 248 g/mol. The van der Waals surface area contributed by atoms with Crippen molar-refractivity contribution < 1.29 is 0 Å². The van der Waals surface area contributed by atoms with Crippen molar-refractivity contribution in [2.45, 2.75) is 46.6 Å². The number of rotatable bonds is 5. The fraction of sp³-hybridized carbons (Fsp3) is 0.750. The van der Waals surface area contributed by atoms with Crippen LogP contribution in [0.15, 0.2) is 12.4 Å². The summed E-state index contributed by atoms with van der Waals surface area (Å²) >= 11 is 0. The van der Waals surface area contributed by atoms with E-state index in [0.717, 1.165) is 43.6 Å². The van der Waals surface area contributed by atoms with Crippen LogP contribution in [0.5, 0.6) is 0 Å². The third kappa shape index (κ3) is 4.75. The Bertz CT molecular complexity index is 405. The van der Waals surface area contributed by atoms with E-state index in [1.807, 2.05) is 12.4 Å². The molecule has 0 bridgehead atoms. The van der Waals surface area contributed by atoms with Crippen LogP contribution in [-0.2, 0) is 6.54 Å². The molecule has 0 spiro atoms. The zero-order valence-electron chi connectivity index (χ0n) is 13.1. The standard InChI is InChI=1S/C16H28N4/c1-13(2)9-17-10-15-11-18-12-16(19-15)20-7-4-5-14(3)6-8-20/h11-14,17H,4-10H2,1-3H3. The minimum Gasteiger partial charge on any atom is -0.355 e. The Morgan fingerprint density at radius 1 is 1.30 bits per heavy atom. The molecule has 0 saturated carbocycles. The van der Waals surface area contributed by atoms with Gasteiger partial charge in [-0.1, -0.05) is 20.8 Å². The number of nitrogens with zero attached hydrogens (tertiary/aromatic N) is 3. The van der Waals surface area contributed by atoms with Gasteiger partial charge < -0.3 is 10.2 Å². The molecule has 4 nitrogen and oxygen atoms in total. The Morgan fingerprint density at radius 3 is 2.95 bits per heavy atom. The first-order valence-electron chi connectivity index (χ1n) is 7.91. The SMILES string of the molecule is CC(C)CNCc1cncc(N2CCCC(C)CC2)n1. The van der Waals surface area contributed by atoms with Gasteiger partial charge in [0.2, 0.25) is 0 Å². The van der Waals surface area contributed by atoms with Gasteiger partial charge in [-0.05, 0) is 37.6 Å². The fourth-order valence-corrected chi connectivity index (χ4v) is 2.61. The van der Waals surface area contributed by atoms with E-state index in [-0.39, 0.29) is 0 Å². The molecule has 1 fully saturated rings. The molecule has 1 unspecified atom stereocenters. The summed E-state index contributed by atoms with van der Waals surface area (Å²) in [6.45, 7) is 10.8. The van der Waals surface area contributed by atoms with Gasteiger partial charge in [-0.2, -0.15) is 0 Å². The number of hydrogen-bond acceptors (Lipinski definition) is 4. The predicted molar refractivity (Wildman–Crippen MR) is 83.8 cm³/mol. The van der Waals surface area contributed by atoms with E-state index in [9.17, 15) is 0 Å². The Kier molecular flexibility index (Phi) is 5.77. The first kappa shape index (κ1) is 15.2. The highest BCUT2D eigenvalue weighted by Gasteiger charge is 2.15. The van der Waals surface area contributed by atoms with Crippen LogP contribution >= 0.6 is 0 Å². The average Bonchev–Trinajstić information content (AvgIpc) is 2.63. The summed E-state index contributed by atoms with van der Waals surface area (Å²) in [5.74, 6) is 2.55. The molecule has 1 aromatic heterocycles. The van der Waals surface area contributed by atoms with Crippen molar-refractivity contribution in [3.05, 3.63) is 18.1 Å². The van der Waals surface area contributed by atoms with Gasteiger partial charge in [0.25, 0.3) is 0 Å². The summed E-state index contributed by atoms with van der Waals surface area (Å²) in [6.07, 6.45) is 7.63. The molecule has 1 aliphatic heterocycles. The largest absolute Gasteiger partial charge is 0.355 e. The molecule has 2 heterocycles. The molecule has 0 aliphatic carbocycles. The molecule has 0 radical (unpaired) electrons. The van der Waals surface area contributed by atoms with Gasteiger partial charge in [-0.15, -0.1) is 0 Å². The van der Waals surface area contributed by atoms with Gasteiger partial charge in [0.15, 0.2) is 0 Å². The quantitative estimate of drug-likeness (QED) is 0.898. The molecular formula is C16H28N4. The first-order valence-corrected chi connectivity index (χ1v) is 7.91. The smallest absolute Gasteiger partial charge is 0.147 e. The van der Waals surface area contributed by atoms with Crippen molar-refractivity contribution >= 4 is 5.82 Å². The predicted octanol–water partition coefficient (Wildman–Crippen LogP) is 2.85. The third-order valence-electron chi connectivity index (χ3n) is 3.87. The minimum atomic E-state index is 0.665. The number of anilines is 1. The molecule has 20 heavy (non-hydrogen) atoms. The van der Waals surface area contributed by atoms with Crippen molar-refractivity contribution in [2.24, 2.45) is 11.8 Å². The van der Waals surface area contributed by atoms with Gasteiger partial charge in [-0.25, -0.2) is 4.98 Å². The van der Waals surface area contributed by atoms with Gasteiger partial charge in [-0.3, -0.25) is 4.98 Å². The number of aromatic nitrogens is 2. The Labute approximate surface area is 123 Å². The monoisotopic (exact) mass is 276 g/mol. The van der Waals surface area contributed by atoms with E-state index in [2.05, 4.69) is 36.0 Å². The van der Waals surface area contributed by atoms with Crippen molar-refractivity contribution in [1.82, 2.24) is 15.3 Å². The Balaban J connectivity index is 1.94. The van der Waals surface area contributed by atoms with Gasteiger partial charge >= 0.3 is 0 Å². The second kappa shape index (κ2) is 7.58. The second-order valence-electron chi connectivity index (χ2n) is 6.42. The maximum Gasteiger partial charge on any atom is 0.147 e. The topological polar surface area (TPSA) is 41.1 Å². The summed E-state index contributed by atoms with van der Waals surface area (Å²) < 4.78 is 0. The van der Waals surface area contributed by atoms with Crippen molar-refractivity contribution in [1.29, 1.82) is 0 Å². The van der Waals surface area contributed by atoms with Crippen LogP contribution in [0.1, 0.15) is 45.7 Å². The molecule has 1 atom stereocenters. The lowest BCUT2D eigenvalue weighted by Crippen LogP contribution is -2.26. The summed E-state index contributed by atoms with van der Waals surface area (Å²) in [5.41, 5.74) is 1.04. The van der Waals surface area contributed by atoms with E-state index in [4.69, 9.17) is 4.98 Å². The maximum atomic E-state index is 4.76. The van der Waals surface area contributed by atoms with Crippen LogP contribution in [0.3, 0.4) is 0 Å². The van der Waals surface area contributed by atoms with Gasteiger partial charge in [0.05, 0.1) is 11.9 Å². The maximum absolute atomic E-state index is 4.76. The van der Waals surface area contributed by atoms with E-state index in [1.54, 1.807) is 0 Å². The normalized spacial score (nSPS) is 20.2. The highest BCUT2D eigenvalue weighted by atomic mass is 15.2. The van der Waals surface area contributed by atoms with Crippen LogP contribution in [0.2, 0.25) is 0 Å². The zero-order chi connectivity index (χ0) is 14.4. The van der Waals surface area contributed by atoms with E-state index in [0.29, 0.717) is 5.92 Å². The van der Waals surface area contributed by atoms with E-state index in [1.165, 1.54) is 19.3 Å². The molecule has 2 rings (SSSR count). The van der Waals surface area contributed by atoms with Crippen molar-refractivity contribution in [3.8, 4) is 0 Å². The third-order valence-corrected chi connectivity index (χ3v) is 3.87. The molecule has 1 N–H and O–H groups in total. The van der Waals surface area contributed by atoms with E-state index < -0.39 is 0 Å². The number of nitrogens with one attached hydrogen (secondary N) is 1. The molecule has 112 valence electrons. The van der Waals surface area contributed by atoms with Crippen molar-refractivity contribution in [3.63, 3.8) is 0 Å². The van der Waals surface area contributed by atoms with Crippen LogP contribution in [0, 0.1) is 11.8 Å². The summed E-state index contributed by atoms with van der Waals surface area (Å²) in [4.78, 5) is 11.5. The van der Waals surface area contributed by atoms with Gasteiger partial charge in [0.1, 0.15) is 5.82 Å². The summed E-state index contributed by atoms with van der Waals surface area (Å²) in [6, 6.07) is 0. The Hall–Kier alpha value is -1.16. The first-order chi connectivity index (χ1) is 9.65. The fourth-order valence-electron chi connectivity index (χ4n) is 2.61. The molecule has 1 aromatic rings. The Morgan fingerprint density at radius 2 is 2.15 bits per heavy atom. The molecule has 0 amide bonds. The second-order valence-corrected chi connectivity index (χ2v) is 6.42. The van der Waals surface area contributed by atoms with E-state index >= 15 is 0 Å². The van der Waals surface area contributed by atoms with Crippen molar-refractivity contribution in [2.75, 3.05) is 24.5 Å². The van der Waals surface area contributed by atoms with Gasteiger partial charge in [0, 0.05) is 25.8 Å². The van der Waals surface area contributed by atoms with Crippen LogP contribution in [0.4, 0.5) is 5.82 Å². The van der Waals surface area contributed by atoms with Crippen LogP contribution in [0.25, 0.3) is 0 Å². The minimum absolute atomic E-state index is 0.665. The molecule has 1 saturated heterocycles. The molecule has 1 aliphatic rings.